The Bertz CT molecular complexity index is 1190. The first kappa shape index (κ1) is 22.1. The smallest absolute Gasteiger partial charge is 0.278 e. The molecule has 0 atom stereocenters. The van der Waals surface area contributed by atoms with Crippen LogP contribution in [-0.4, -0.2) is 34.9 Å². The van der Waals surface area contributed by atoms with Gasteiger partial charge in [-0.2, -0.15) is 0 Å². The SMILES string of the molecule is COc1cccc(NC2=C(c3ccc(OC(C)C)cc3)C(=O)N(Cc3ccccn3)C2=O)c1. The zero-order valence-corrected chi connectivity index (χ0v) is 18.7. The summed E-state index contributed by atoms with van der Waals surface area (Å²) in [5.74, 6) is 0.540. The number of hydrogen-bond donors (Lipinski definition) is 1. The van der Waals surface area contributed by atoms with Gasteiger partial charge in [-0.1, -0.05) is 24.3 Å². The number of hydrogen-bond acceptors (Lipinski definition) is 6. The largest absolute Gasteiger partial charge is 0.497 e. The van der Waals surface area contributed by atoms with Gasteiger partial charge >= 0.3 is 0 Å². The molecule has 4 rings (SSSR count). The summed E-state index contributed by atoms with van der Waals surface area (Å²) in [6.07, 6.45) is 1.67. The van der Waals surface area contributed by atoms with E-state index in [1.807, 2.05) is 38.1 Å². The lowest BCUT2D eigenvalue weighted by molar-refractivity contribution is -0.137. The van der Waals surface area contributed by atoms with Crippen molar-refractivity contribution in [2.24, 2.45) is 0 Å². The number of aromatic nitrogens is 1. The molecule has 2 amide bonds. The average Bonchev–Trinajstić information content (AvgIpc) is 3.04. The number of anilines is 1. The van der Waals surface area contributed by atoms with E-state index in [2.05, 4.69) is 10.3 Å². The van der Waals surface area contributed by atoms with Crippen molar-refractivity contribution in [3.63, 3.8) is 0 Å². The minimum absolute atomic E-state index is 0.0314. The van der Waals surface area contributed by atoms with Gasteiger partial charge in [0.15, 0.2) is 0 Å². The van der Waals surface area contributed by atoms with Gasteiger partial charge in [-0.25, -0.2) is 0 Å². The van der Waals surface area contributed by atoms with Gasteiger partial charge in [-0.15, -0.1) is 0 Å². The highest BCUT2D eigenvalue weighted by Crippen LogP contribution is 2.33. The van der Waals surface area contributed by atoms with Gasteiger partial charge in [-0.3, -0.25) is 19.5 Å². The molecule has 2 aromatic carbocycles. The van der Waals surface area contributed by atoms with E-state index in [1.165, 1.54) is 4.90 Å². The van der Waals surface area contributed by atoms with Crippen molar-refractivity contribution in [3.8, 4) is 11.5 Å². The summed E-state index contributed by atoms with van der Waals surface area (Å²) < 4.78 is 11.0. The third-order valence-corrected chi connectivity index (χ3v) is 5.07. The third kappa shape index (κ3) is 4.87. The zero-order valence-electron chi connectivity index (χ0n) is 18.7. The highest BCUT2D eigenvalue weighted by molar-refractivity contribution is 6.36. The molecule has 1 N–H and O–H groups in total. The number of carbonyl (C=O) groups excluding carboxylic acids is 2. The minimum atomic E-state index is -0.411. The fraction of sp³-hybridized carbons (Fsp3) is 0.192. The van der Waals surface area contributed by atoms with E-state index in [0.717, 1.165) is 0 Å². The molecule has 0 radical (unpaired) electrons. The van der Waals surface area contributed by atoms with Gasteiger partial charge in [0.2, 0.25) is 0 Å². The second-order valence-electron chi connectivity index (χ2n) is 7.82. The van der Waals surface area contributed by atoms with Gasteiger partial charge in [0.25, 0.3) is 11.8 Å². The van der Waals surface area contributed by atoms with Crippen molar-refractivity contribution in [2.45, 2.75) is 26.5 Å². The molecule has 0 saturated heterocycles. The number of imide groups is 1. The van der Waals surface area contributed by atoms with Crippen LogP contribution in [0.2, 0.25) is 0 Å². The van der Waals surface area contributed by atoms with Gasteiger partial charge in [0.1, 0.15) is 17.2 Å². The number of amides is 2. The number of carbonyl (C=O) groups is 2. The topological polar surface area (TPSA) is 80.8 Å². The first-order chi connectivity index (χ1) is 16.0. The summed E-state index contributed by atoms with van der Waals surface area (Å²) in [6, 6.07) is 19.8. The predicted octanol–water partition coefficient (Wildman–Crippen LogP) is 4.27. The third-order valence-electron chi connectivity index (χ3n) is 5.07. The molecule has 7 nitrogen and oxygen atoms in total. The quantitative estimate of drug-likeness (QED) is 0.524. The molecule has 0 bridgehead atoms. The predicted molar refractivity (Wildman–Crippen MR) is 126 cm³/mol. The van der Waals surface area contributed by atoms with E-state index >= 15 is 0 Å². The minimum Gasteiger partial charge on any atom is -0.497 e. The summed E-state index contributed by atoms with van der Waals surface area (Å²) >= 11 is 0. The van der Waals surface area contributed by atoms with Crippen LogP contribution >= 0.6 is 0 Å². The lowest BCUT2D eigenvalue weighted by Crippen LogP contribution is -2.32. The molecule has 1 aliphatic heterocycles. The molecule has 3 aromatic rings. The van der Waals surface area contributed by atoms with E-state index in [-0.39, 0.29) is 24.3 Å². The van der Waals surface area contributed by atoms with Crippen LogP contribution in [0, 0.1) is 0 Å². The van der Waals surface area contributed by atoms with Crippen LogP contribution in [0.1, 0.15) is 25.1 Å². The van der Waals surface area contributed by atoms with Crippen molar-refractivity contribution in [1.29, 1.82) is 0 Å². The van der Waals surface area contributed by atoms with Crippen LogP contribution in [0.3, 0.4) is 0 Å². The normalized spacial score (nSPS) is 13.6. The maximum Gasteiger partial charge on any atom is 0.278 e. The second-order valence-corrected chi connectivity index (χ2v) is 7.82. The molecular weight excluding hydrogens is 418 g/mol. The Hall–Kier alpha value is -4.13. The van der Waals surface area contributed by atoms with Gasteiger partial charge in [0.05, 0.1) is 31.0 Å². The molecule has 33 heavy (non-hydrogen) atoms. The Kier molecular flexibility index (Phi) is 6.40. The highest BCUT2D eigenvalue weighted by atomic mass is 16.5. The first-order valence-corrected chi connectivity index (χ1v) is 10.6. The molecule has 0 spiro atoms. The van der Waals surface area contributed by atoms with Crippen LogP contribution in [0.15, 0.2) is 78.6 Å². The van der Waals surface area contributed by atoms with Crippen LogP contribution < -0.4 is 14.8 Å². The molecule has 0 fully saturated rings. The van der Waals surface area contributed by atoms with E-state index in [4.69, 9.17) is 9.47 Å². The number of pyridine rings is 1. The fourth-order valence-corrected chi connectivity index (χ4v) is 3.57. The van der Waals surface area contributed by atoms with Crippen molar-refractivity contribution in [1.82, 2.24) is 9.88 Å². The Morgan fingerprint density at radius 1 is 0.939 bits per heavy atom. The van der Waals surface area contributed by atoms with E-state index in [1.54, 1.807) is 55.8 Å². The van der Waals surface area contributed by atoms with Crippen LogP contribution in [0.4, 0.5) is 5.69 Å². The molecule has 7 heteroatoms. The Balaban J connectivity index is 1.72. The number of methoxy groups -OCH3 is 1. The van der Waals surface area contributed by atoms with Crippen LogP contribution in [0.25, 0.3) is 5.57 Å². The number of nitrogens with one attached hydrogen (secondary N) is 1. The van der Waals surface area contributed by atoms with Crippen molar-refractivity contribution in [2.75, 3.05) is 12.4 Å². The zero-order chi connectivity index (χ0) is 23.4. The molecule has 0 unspecified atom stereocenters. The molecule has 1 aliphatic rings. The van der Waals surface area contributed by atoms with Crippen molar-refractivity contribution >= 4 is 23.1 Å². The van der Waals surface area contributed by atoms with Crippen molar-refractivity contribution in [3.05, 3.63) is 89.9 Å². The lowest BCUT2D eigenvalue weighted by atomic mass is 10.0. The first-order valence-electron chi connectivity index (χ1n) is 10.6. The van der Waals surface area contributed by atoms with Crippen LogP contribution in [-0.2, 0) is 16.1 Å². The molecule has 1 aromatic heterocycles. The monoisotopic (exact) mass is 443 g/mol. The maximum atomic E-state index is 13.4. The number of nitrogens with zero attached hydrogens (tertiary/aromatic N) is 2. The molecule has 168 valence electrons. The molecule has 2 heterocycles. The van der Waals surface area contributed by atoms with E-state index in [9.17, 15) is 9.59 Å². The van der Waals surface area contributed by atoms with Crippen molar-refractivity contribution < 1.29 is 19.1 Å². The second kappa shape index (κ2) is 9.56. The Labute approximate surface area is 192 Å². The molecular formula is C26H25N3O4. The van der Waals surface area contributed by atoms with Crippen LogP contribution in [0.5, 0.6) is 11.5 Å². The standard InChI is InChI=1S/C26H25N3O4/c1-17(2)33-21-12-10-18(11-13-21)23-24(28-19-8-6-9-22(15-19)32-3)26(31)29(25(23)30)16-20-7-4-5-14-27-20/h4-15,17,28H,16H2,1-3H3. The Morgan fingerprint density at radius 2 is 1.73 bits per heavy atom. The van der Waals surface area contributed by atoms with E-state index in [0.29, 0.717) is 34.0 Å². The summed E-state index contributed by atoms with van der Waals surface area (Å²) in [7, 11) is 1.57. The molecule has 0 saturated carbocycles. The summed E-state index contributed by atoms with van der Waals surface area (Å²) in [4.78, 5) is 32.3. The highest BCUT2D eigenvalue weighted by Gasteiger charge is 2.39. The van der Waals surface area contributed by atoms with Gasteiger partial charge in [-0.05, 0) is 55.8 Å². The fourth-order valence-electron chi connectivity index (χ4n) is 3.57. The number of rotatable bonds is 8. The number of ether oxygens (including phenoxy) is 2. The van der Waals surface area contributed by atoms with Gasteiger partial charge in [0, 0.05) is 18.0 Å². The van der Waals surface area contributed by atoms with Gasteiger partial charge < -0.3 is 14.8 Å². The molecule has 0 aliphatic carbocycles. The summed E-state index contributed by atoms with van der Waals surface area (Å²) in [5.41, 5.74) is 2.40. The lowest BCUT2D eigenvalue weighted by Gasteiger charge is -2.15. The maximum absolute atomic E-state index is 13.4. The average molecular weight is 444 g/mol. The summed E-state index contributed by atoms with van der Waals surface area (Å²) in [6.45, 7) is 3.97. The van der Waals surface area contributed by atoms with E-state index < -0.39 is 5.91 Å². The number of benzene rings is 2. The summed E-state index contributed by atoms with van der Waals surface area (Å²) in [5, 5.41) is 3.14. The Morgan fingerprint density at radius 3 is 2.39 bits per heavy atom.